The first-order chi connectivity index (χ1) is 10.6. The Balaban J connectivity index is 1.89. The summed E-state index contributed by atoms with van der Waals surface area (Å²) >= 11 is 6.18. The highest BCUT2D eigenvalue weighted by molar-refractivity contribution is 7.86. The maximum Gasteiger partial charge on any atom is 0.438 e. The van der Waals surface area contributed by atoms with Crippen molar-refractivity contribution in [1.82, 2.24) is 0 Å². The standard InChI is InChI=1S/C16H15ClNO3P/c1-20-15-9-7-14(8-10-15)18-12-11-16(21-22(18,17)19)13-5-3-2-4-6-13/h2-11H,12H2,1H3. The van der Waals surface area contributed by atoms with Crippen molar-refractivity contribution in [2.45, 2.75) is 0 Å². The first-order valence-corrected chi connectivity index (χ1v) is 9.25. The Morgan fingerprint density at radius 1 is 1.14 bits per heavy atom. The van der Waals surface area contributed by atoms with E-state index in [0.717, 1.165) is 17.0 Å². The van der Waals surface area contributed by atoms with E-state index in [1.54, 1.807) is 36.0 Å². The molecule has 6 heteroatoms. The summed E-state index contributed by atoms with van der Waals surface area (Å²) in [5.74, 6) is 1.27. The zero-order valence-electron chi connectivity index (χ0n) is 12.0. The zero-order chi connectivity index (χ0) is 15.6. The molecule has 114 valence electrons. The first-order valence-electron chi connectivity index (χ1n) is 6.77. The fraction of sp³-hybridized carbons (Fsp3) is 0.125. The number of ether oxygens (including phenoxy) is 1. The summed E-state index contributed by atoms with van der Waals surface area (Å²) in [6.45, 7) is -3.05. The predicted octanol–water partition coefficient (Wildman–Crippen LogP) is 4.92. The van der Waals surface area contributed by atoms with Crippen molar-refractivity contribution in [1.29, 1.82) is 0 Å². The highest BCUT2D eigenvalue weighted by Gasteiger charge is 2.35. The molecule has 1 atom stereocenters. The van der Waals surface area contributed by atoms with Gasteiger partial charge in [-0.1, -0.05) is 30.3 Å². The number of anilines is 1. The molecule has 1 heterocycles. The molecule has 0 bridgehead atoms. The second kappa shape index (κ2) is 6.07. The van der Waals surface area contributed by atoms with Gasteiger partial charge >= 0.3 is 6.87 Å². The minimum Gasteiger partial charge on any atom is -0.497 e. The number of methoxy groups -OCH3 is 1. The SMILES string of the molecule is COc1ccc(N2CC=C(c3ccccc3)OP2(=O)Cl)cc1. The van der Waals surface area contributed by atoms with Crippen molar-refractivity contribution >= 4 is 29.6 Å². The topological polar surface area (TPSA) is 38.8 Å². The Morgan fingerprint density at radius 2 is 1.82 bits per heavy atom. The van der Waals surface area contributed by atoms with E-state index in [-0.39, 0.29) is 0 Å². The fourth-order valence-corrected chi connectivity index (χ4v) is 4.12. The number of benzene rings is 2. The molecule has 0 saturated heterocycles. The van der Waals surface area contributed by atoms with Gasteiger partial charge in [0.25, 0.3) is 0 Å². The lowest BCUT2D eigenvalue weighted by Crippen LogP contribution is -2.22. The molecule has 1 aliphatic rings. The van der Waals surface area contributed by atoms with Crippen LogP contribution in [0.1, 0.15) is 5.56 Å². The van der Waals surface area contributed by atoms with Crippen molar-refractivity contribution in [3.63, 3.8) is 0 Å². The van der Waals surface area contributed by atoms with E-state index in [1.807, 2.05) is 36.4 Å². The molecule has 0 aromatic heterocycles. The Bertz CT molecular complexity index is 731. The largest absolute Gasteiger partial charge is 0.497 e. The van der Waals surface area contributed by atoms with Crippen molar-refractivity contribution in [3.8, 4) is 5.75 Å². The molecule has 1 unspecified atom stereocenters. The predicted molar refractivity (Wildman–Crippen MR) is 89.3 cm³/mol. The number of rotatable bonds is 3. The maximum absolute atomic E-state index is 12.7. The van der Waals surface area contributed by atoms with Crippen LogP contribution in [0.3, 0.4) is 0 Å². The van der Waals surface area contributed by atoms with Gasteiger partial charge in [-0.15, -0.1) is 0 Å². The van der Waals surface area contributed by atoms with Gasteiger partial charge in [-0.2, -0.15) is 0 Å². The van der Waals surface area contributed by atoms with Gasteiger partial charge in [0.15, 0.2) is 0 Å². The van der Waals surface area contributed by atoms with Crippen LogP contribution in [0.15, 0.2) is 60.7 Å². The Morgan fingerprint density at radius 3 is 2.41 bits per heavy atom. The molecule has 0 spiro atoms. The summed E-state index contributed by atoms with van der Waals surface area (Å²) in [6, 6.07) is 16.7. The van der Waals surface area contributed by atoms with Crippen LogP contribution < -0.4 is 9.41 Å². The second-order valence-electron chi connectivity index (χ2n) is 4.76. The number of hydrogen-bond acceptors (Lipinski definition) is 3. The minimum atomic E-state index is -3.47. The highest BCUT2D eigenvalue weighted by atomic mass is 35.7. The van der Waals surface area contributed by atoms with E-state index in [1.165, 1.54) is 0 Å². The van der Waals surface area contributed by atoms with E-state index in [2.05, 4.69) is 0 Å². The van der Waals surface area contributed by atoms with Crippen LogP contribution in [0.25, 0.3) is 5.76 Å². The quantitative estimate of drug-likeness (QED) is 0.746. The molecule has 0 aliphatic carbocycles. The van der Waals surface area contributed by atoms with Gasteiger partial charge in [0.2, 0.25) is 0 Å². The summed E-state index contributed by atoms with van der Waals surface area (Å²) in [4.78, 5) is 0. The zero-order valence-corrected chi connectivity index (χ0v) is 13.6. The normalized spacial score (nSPS) is 21.0. The van der Waals surface area contributed by atoms with Gasteiger partial charge in [0.1, 0.15) is 11.5 Å². The number of halogens is 1. The lowest BCUT2D eigenvalue weighted by atomic mass is 10.2. The van der Waals surface area contributed by atoms with Gasteiger partial charge < -0.3 is 9.26 Å². The average Bonchev–Trinajstić information content (AvgIpc) is 2.55. The maximum atomic E-state index is 12.7. The molecule has 0 amide bonds. The van der Waals surface area contributed by atoms with Crippen LogP contribution in [0.4, 0.5) is 5.69 Å². The molecule has 2 aromatic carbocycles. The molecule has 2 aromatic rings. The molecular weight excluding hydrogens is 321 g/mol. The Kier molecular flexibility index (Phi) is 4.14. The van der Waals surface area contributed by atoms with Gasteiger partial charge in [-0.3, -0.25) is 4.67 Å². The Labute approximate surface area is 134 Å². The second-order valence-corrected chi connectivity index (χ2v) is 7.61. The first kappa shape index (κ1) is 15.0. The summed E-state index contributed by atoms with van der Waals surface area (Å²) < 4.78 is 24.9. The molecule has 22 heavy (non-hydrogen) atoms. The third kappa shape index (κ3) is 2.99. The molecule has 0 N–H and O–H groups in total. The third-order valence-corrected chi connectivity index (χ3v) is 5.53. The van der Waals surface area contributed by atoms with Crippen molar-refractivity contribution in [3.05, 3.63) is 66.2 Å². The molecule has 0 saturated carbocycles. The molecular formula is C16H15ClNO3P. The summed E-state index contributed by atoms with van der Waals surface area (Å²) in [5, 5.41) is 0. The Hall–Kier alpha value is -1.90. The van der Waals surface area contributed by atoms with E-state index < -0.39 is 6.87 Å². The lowest BCUT2D eigenvalue weighted by molar-refractivity contribution is 0.415. The molecule has 0 radical (unpaired) electrons. The van der Waals surface area contributed by atoms with E-state index in [4.69, 9.17) is 20.5 Å². The summed E-state index contributed by atoms with van der Waals surface area (Å²) in [5.41, 5.74) is 1.58. The van der Waals surface area contributed by atoms with Crippen LogP contribution >= 0.6 is 18.1 Å². The van der Waals surface area contributed by atoms with Crippen molar-refractivity contribution in [2.24, 2.45) is 0 Å². The van der Waals surface area contributed by atoms with Gasteiger partial charge in [-0.25, -0.2) is 4.57 Å². The average molecular weight is 336 g/mol. The minimum absolute atomic E-state index is 0.414. The van der Waals surface area contributed by atoms with Crippen LogP contribution in [0.2, 0.25) is 0 Å². The van der Waals surface area contributed by atoms with Crippen molar-refractivity contribution in [2.75, 3.05) is 18.3 Å². The van der Waals surface area contributed by atoms with Gasteiger partial charge in [0.05, 0.1) is 13.7 Å². The smallest absolute Gasteiger partial charge is 0.438 e. The van der Waals surface area contributed by atoms with Gasteiger partial charge in [-0.05, 0) is 30.3 Å². The van der Waals surface area contributed by atoms with Crippen LogP contribution in [0.5, 0.6) is 5.75 Å². The molecule has 1 aliphatic heterocycles. The molecule has 3 rings (SSSR count). The molecule has 0 fully saturated rings. The highest BCUT2D eigenvalue weighted by Crippen LogP contribution is 2.62. The van der Waals surface area contributed by atoms with Crippen LogP contribution in [-0.2, 0) is 9.09 Å². The van der Waals surface area contributed by atoms with Crippen molar-refractivity contribution < 1.29 is 13.8 Å². The van der Waals surface area contributed by atoms with E-state index in [0.29, 0.717) is 12.3 Å². The monoisotopic (exact) mass is 335 g/mol. The van der Waals surface area contributed by atoms with Crippen LogP contribution in [-0.4, -0.2) is 13.7 Å². The molecule has 4 nitrogen and oxygen atoms in total. The number of hydrogen-bond donors (Lipinski definition) is 0. The number of nitrogens with zero attached hydrogens (tertiary/aromatic N) is 1. The third-order valence-electron chi connectivity index (χ3n) is 3.38. The lowest BCUT2D eigenvalue weighted by Gasteiger charge is -2.32. The van der Waals surface area contributed by atoms with Gasteiger partial charge in [0, 0.05) is 22.5 Å². The fourth-order valence-electron chi connectivity index (χ4n) is 2.25. The van der Waals surface area contributed by atoms with E-state index in [9.17, 15) is 4.57 Å². The van der Waals surface area contributed by atoms with Crippen LogP contribution in [0, 0.1) is 0 Å². The summed E-state index contributed by atoms with van der Waals surface area (Å²) in [6.07, 6.45) is 1.87. The van der Waals surface area contributed by atoms with E-state index >= 15 is 0 Å². The summed E-state index contributed by atoms with van der Waals surface area (Å²) in [7, 11) is 1.60.